The first-order valence-corrected chi connectivity index (χ1v) is 9.19. The van der Waals surface area contributed by atoms with E-state index in [1.54, 1.807) is 0 Å². The standard InChI is InChI=1S/C21H26BNO2/c1-14-12-17(22-24-20(2,3)21(4,5)25-22)8-9-18(14)16-10-11-23-19(13-16)15-6-7-15/h8-13,15H,6-7H2,1-5H3. The van der Waals surface area contributed by atoms with E-state index in [9.17, 15) is 0 Å². The predicted octanol–water partition coefficient (Wildman–Crippen LogP) is 4.23. The van der Waals surface area contributed by atoms with Gasteiger partial charge >= 0.3 is 7.12 Å². The summed E-state index contributed by atoms with van der Waals surface area (Å²) in [5.41, 5.74) is 5.42. The second-order valence-electron chi connectivity index (χ2n) is 8.41. The van der Waals surface area contributed by atoms with Crippen molar-refractivity contribution in [2.24, 2.45) is 0 Å². The van der Waals surface area contributed by atoms with E-state index in [1.807, 2.05) is 6.20 Å². The number of rotatable bonds is 3. The third-order valence-corrected chi connectivity index (χ3v) is 5.86. The Kier molecular flexibility index (Phi) is 3.82. The molecule has 0 spiro atoms. The van der Waals surface area contributed by atoms with Crippen molar-refractivity contribution < 1.29 is 9.31 Å². The summed E-state index contributed by atoms with van der Waals surface area (Å²) in [6.07, 6.45) is 4.48. The van der Waals surface area contributed by atoms with Crippen molar-refractivity contribution in [2.75, 3.05) is 0 Å². The second kappa shape index (κ2) is 5.68. The van der Waals surface area contributed by atoms with Gasteiger partial charge in [0.25, 0.3) is 0 Å². The van der Waals surface area contributed by atoms with E-state index in [0.29, 0.717) is 5.92 Å². The number of benzene rings is 1. The van der Waals surface area contributed by atoms with Gasteiger partial charge in [0.1, 0.15) is 0 Å². The predicted molar refractivity (Wildman–Crippen MR) is 102 cm³/mol. The molecule has 2 aromatic rings. The van der Waals surface area contributed by atoms with Gasteiger partial charge in [0.2, 0.25) is 0 Å². The van der Waals surface area contributed by atoms with Crippen LogP contribution in [0.2, 0.25) is 0 Å². The average Bonchev–Trinajstić information content (AvgIpc) is 3.35. The van der Waals surface area contributed by atoms with Crippen molar-refractivity contribution in [3.63, 3.8) is 0 Å². The normalized spacial score (nSPS) is 21.6. The smallest absolute Gasteiger partial charge is 0.399 e. The van der Waals surface area contributed by atoms with Crippen LogP contribution in [0.1, 0.15) is 57.7 Å². The molecule has 1 saturated heterocycles. The van der Waals surface area contributed by atoms with Crippen LogP contribution in [0.4, 0.5) is 0 Å². The maximum atomic E-state index is 6.18. The van der Waals surface area contributed by atoms with Crippen LogP contribution in [0.5, 0.6) is 0 Å². The average molecular weight is 335 g/mol. The molecule has 0 bridgehead atoms. The summed E-state index contributed by atoms with van der Waals surface area (Å²) in [6, 6.07) is 10.8. The summed E-state index contributed by atoms with van der Waals surface area (Å²) in [5.74, 6) is 0.671. The summed E-state index contributed by atoms with van der Waals surface area (Å²) in [5, 5.41) is 0. The minimum Gasteiger partial charge on any atom is -0.399 e. The van der Waals surface area contributed by atoms with Crippen molar-refractivity contribution in [1.29, 1.82) is 0 Å². The van der Waals surface area contributed by atoms with Gasteiger partial charge in [-0.15, -0.1) is 0 Å². The molecule has 4 rings (SSSR count). The Bertz CT molecular complexity index is 795. The van der Waals surface area contributed by atoms with E-state index < -0.39 is 0 Å². The van der Waals surface area contributed by atoms with Gasteiger partial charge in [-0.2, -0.15) is 0 Å². The van der Waals surface area contributed by atoms with E-state index in [-0.39, 0.29) is 18.3 Å². The fraction of sp³-hybridized carbons (Fsp3) is 0.476. The van der Waals surface area contributed by atoms with Crippen LogP contribution < -0.4 is 5.46 Å². The Labute approximate surface area is 150 Å². The molecule has 0 amide bonds. The number of nitrogens with zero attached hydrogens (tertiary/aromatic N) is 1. The van der Waals surface area contributed by atoms with E-state index in [4.69, 9.17) is 9.31 Å². The second-order valence-corrected chi connectivity index (χ2v) is 8.41. The molecule has 25 heavy (non-hydrogen) atoms. The first-order chi connectivity index (χ1) is 11.8. The van der Waals surface area contributed by atoms with Crippen molar-refractivity contribution in [2.45, 2.75) is 64.6 Å². The highest BCUT2D eigenvalue weighted by molar-refractivity contribution is 6.62. The lowest BCUT2D eigenvalue weighted by Crippen LogP contribution is -2.41. The lowest BCUT2D eigenvalue weighted by molar-refractivity contribution is 0.00578. The summed E-state index contributed by atoms with van der Waals surface area (Å²) >= 11 is 0. The van der Waals surface area contributed by atoms with Crippen LogP contribution in [0.25, 0.3) is 11.1 Å². The number of aryl methyl sites for hydroxylation is 1. The summed E-state index contributed by atoms with van der Waals surface area (Å²) in [4.78, 5) is 4.53. The van der Waals surface area contributed by atoms with Crippen molar-refractivity contribution in [3.05, 3.63) is 47.8 Å². The van der Waals surface area contributed by atoms with Gasteiger partial charge in [-0.3, -0.25) is 4.98 Å². The minimum atomic E-state index is -0.311. The number of pyridine rings is 1. The van der Waals surface area contributed by atoms with E-state index in [0.717, 1.165) is 5.46 Å². The first-order valence-electron chi connectivity index (χ1n) is 9.19. The van der Waals surface area contributed by atoms with Gasteiger partial charge in [-0.25, -0.2) is 0 Å². The maximum absolute atomic E-state index is 6.18. The topological polar surface area (TPSA) is 31.4 Å². The number of hydrogen-bond acceptors (Lipinski definition) is 3. The van der Waals surface area contributed by atoms with Gasteiger partial charge in [0, 0.05) is 17.8 Å². The van der Waals surface area contributed by atoms with Crippen LogP contribution in [0.3, 0.4) is 0 Å². The van der Waals surface area contributed by atoms with Crippen LogP contribution in [0, 0.1) is 6.92 Å². The molecule has 130 valence electrons. The van der Waals surface area contributed by atoms with Gasteiger partial charge in [0.15, 0.2) is 0 Å². The van der Waals surface area contributed by atoms with E-state index in [1.165, 1.54) is 35.2 Å². The molecule has 0 atom stereocenters. The van der Waals surface area contributed by atoms with Crippen LogP contribution in [-0.2, 0) is 9.31 Å². The largest absolute Gasteiger partial charge is 0.494 e. The zero-order valence-electron chi connectivity index (χ0n) is 15.8. The van der Waals surface area contributed by atoms with Gasteiger partial charge in [-0.1, -0.05) is 18.2 Å². The first kappa shape index (κ1) is 16.8. The molecule has 1 aromatic carbocycles. The molecular formula is C21H26BNO2. The van der Waals surface area contributed by atoms with Crippen LogP contribution in [0.15, 0.2) is 36.5 Å². The van der Waals surface area contributed by atoms with E-state index >= 15 is 0 Å². The molecule has 3 nitrogen and oxygen atoms in total. The third-order valence-electron chi connectivity index (χ3n) is 5.86. The molecule has 2 heterocycles. The molecule has 1 aliphatic carbocycles. The third kappa shape index (κ3) is 3.02. The van der Waals surface area contributed by atoms with Crippen LogP contribution >= 0.6 is 0 Å². The van der Waals surface area contributed by atoms with Crippen LogP contribution in [-0.4, -0.2) is 23.3 Å². The highest BCUT2D eigenvalue weighted by Crippen LogP contribution is 2.40. The molecule has 1 aliphatic heterocycles. The fourth-order valence-electron chi connectivity index (χ4n) is 3.35. The molecule has 4 heteroatoms. The van der Waals surface area contributed by atoms with Crippen molar-refractivity contribution >= 4 is 12.6 Å². The molecule has 0 unspecified atom stereocenters. The maximum Gasteiger partial charge on any atom is 0.494 e. The zero-order valence-corrected chi connectivity index (χ0v) is 15.8. The van der Waals surface area contributed by atoms with Crippen molar-refractivity contribution in [3.8, 4) is 11.1 Å². The number of aromatic nitrogens is 1. The fourth-order valence-corrected chi connectivity index (χ4v) is 3.35. The summed E-state index contributed by atoms with van der Waals surface area (Å²) in [6.45, 7) is 10.5. The van der Waals surface area contributed by atoms with Gasteiger partial charge < -0.3 is 9.31 Å². The summed E-state index contributed by atoms with van der Waals surface area (Å²) < 4.78 is 12.4. The highest BCUT2D eigenvalue weighted by Gasteiger charge is 2.51. The Balaban J connectivity index is 1.63. The molecule has 2 fully saturated rings. The van der Waals surface area contributed by atoms with E-state index in [2.05, 4.69) is 69.9 Å². The molecule has 0 N–H and O–H groups in total. The quantitative estimate of drug-likeness (QED) is 0.787. The SMILES string of the molecule is Cc1cc(B2OC(C)(C)C(C)(C)O2)ccc1-c1ccnc(C2CC2)c1. The number of hydrogen-bond donors (Lipinski definition) is 0. The Morgan fingerprint density at radius 2 is 1.68 bits per heavy atom. The minimum absolute atomic E-state index is 0.308. The molecule has 0 radical (unpaired) electrons. The molecule has 1 saturated carbocycles. The monoisotopic (exact) mass is 335 g/mol. The Morgan fingerprint density at radius 1 is 1.00 bits per heavy atom. The lowest BCUT2D eigenvalue weighted by atomic mass is 9.77. The van der Waals surface area contributed by atoms with Gasteiger partial charge in [-0.05, 0) is 81.7 Å². The Hall–Kier alpha value is -1.65. The molecular weight excluding hydrogens is 309 g/mol. The molecule has 1 aromatic heterocycles. The summed E-state index contributed by atoms with van der Waals surface area (Å²) in [7, 11) is -0.308. The zero-order chi connectivity index (χ0) is 17.8. The lowest BCUT2D eigenvalue weighted by Gasteiger charge is -2.32. The highest BCUT2D eigenvalue weighted by atomic mass is 16.7. The Morgan fingerprint density at radius 3 is 2.28 bits per heavy atom. The van der Waals surface area contributed by atoms with Crippen molar-refractivity contribution in [1.82, 2.24) is 4.98 Å². The van der Waals surface area contributed by atoms with Gasteiger partial charge in [0.05, 0.1) is 11.2 Å². The molecule has 2 aliphatic rings.